The van der Waals surface area contributed by atoms with Crippen molar-refractivity contribution in [2.75, 3.05) is 13.2 Å². The van der Waals surface area contributed by atoms with Crippen molar-refractivity contribution >= 4 is 0 Å². The van der Waals surface area contributed by atoms with Gasteiger partial charge in [0.25, 0.3) is 0 Å². The molecule has 3 unspecified atom stereocenters. The lowest BCUT2D eigenvalue weighted by Gasteiger charge is -2.39. The maximum Gasteiger partial charge on any atom is 0.0666 e. The third-order valence-corrected chi connectivity index (χ3v) is 3.78. The van der Waals surface area contributed by atoms with Crippen LogP contribution in [-0.2, 0) is 4.74 Å². The highest BCUT2D eigenvalue weighted by atomic mass is 16.5. The average molecular weight is 229 g/mol. The quantitative estimate of drug-likeness (QED) is 0.733. The number of aliphatic hydroxyl groups is 1. The van der Waals surface area contributed by atoms with E-state index in [-0.39, 0.29) is 12.2 Å². The molecular weight excluding hydrogens is 202 g/mol. The summed E-state index contributed by atoms with van der Waals surface area (Å²) < 4.78 is 5.83. The van der Waals surface area contributed by atoms with Crippen molar-refractivity contribution < 1.29 is 9.84 Å². The topological polar surface area (TPSA) is 41.5 Å². The van der Waals surface area contributed by atoms with Gasteiger partial charge in [0.15, 0.2) is 0 Å². The largest absolute Gasteiger partial charge is 0.396 e. The predicted molar refractivity (Wildman–Crippen MR) is 66.6 cm³/mol. The van der Waals surface area contributed by atoms with Crippen molar-refractivity contribution in [3.8, 4) is 0 Å². The van der Waals surface area contributed by atoms with Crippen LogP contribution < -0.4 is 5.32 Å². The zero-order valence-corrected chi connectivity index (χ0v) is 11.0. The molecule has 2 N–H and O–H groups in total. The van der Waals surface area contributed by atoms with Gasteiger partial charge in [-0.3, -0.25) is 0 Å². The minimum absolute atomic E-state index is 0.0490. The molecule has 3 nitrogen and oxygen atoms in total. The Morgan fingerprint density at radius 1 is 1.50 bits per heavy atom. The van der Waals surface area contributed by atoms with Gasteiger partial charge in [-0.25, -0.2) is 0 Å². The summed E-state index contributed by atoms with van der Waals surface area (Å²) in [5.74, 6) is 0. The molecule has 3 heteroatoms. The minimum Gasteiger partial charge on any atom is -0.396 e. The van der Waals surface area contributed by atoms with Gasteiger partial charge in [-0.05, 0) is 39.0 Å². The van der Waals surface area contributed by atoms with E-state index >= 15 is 0 Å². The zero-order valence-electron chi connectivity index (χ0n) is 11.0. The van der Waals surface area contributed by atoms with E-state index in [0.29, 0.717) is 12.1 Å². The fourth-order valence-electron chi connectivity index (χ4n) is 2.41. The molecule has 0 spiro atoms. The van der Waals surface area contributed by atoms with Gasteiger partial charge in [0.2, 0.25) is 0 Å². The molecule has 1 heterocycles. The Morgan fingerprint density at radius 2 is 2.25 bits per heavy atom. The number of rotatable bonds is 6. The van der Waals surface area contributed by atoms with Gasteiger partial charge in [0.1, 0.15) is 0 Å². The Kier molecular flexibility index (Phi) is 5.73. The molecule has 0 aromatic heterocycles. The summed E-state index contributed by atoms with van der Waals surface area (Å²) in [5, 5.41) is 12.6. The van der Waals surface area contributed by atoms with Crippen LogP contribution in [0.4, 0.5) is 0 Å². The van der Waals surface area contributed by atoms with Crippen LogP contribution in [0.15, 0.2) is 0 Å². The van der Waals surface area contributed by atoms with E-state index in [9.17, 15) is 0 Å². The van der Waals surface area contributed by atoms with Gasteiger partial charge in [-0.1, -0.05) is 13.8 Å². The van der Waals surface area contributed by atoms with Gasteiger partial charge in [-0.15, -0.1) is 0 Å². The first-order valence-corrected chi connectivity index (χ1v) is 6.64. The zero-order chi connectivity index (χ0) is 12.0. The number of nitrogens with one attached hydrogen (secondary N) is 1. The fourth-order valence-corrected chi connectivity index (χ4v) is 2.41. The third-order valence-electron chi connectivity index (χ3n) is 3.78. The van der Waals surface area contributed by atoms with E-state index in [0.717, 1.165) is 38.7 Å². The molecule has 1 saturated heterocycles. The molecule has 96 valence electrons. The molecule has 0 aromatic carbocycles. The van der Waals surface area contributed by atoms with Crippen LogP contribution in [0.25, 0.3) is 0 Å². The fraction of sp³-hybridized carbons (Fsp3) is 1.00. The molecule has 1 aliphatic heterocycles. The van der Waals surface area contributed by atoms with E-state index in [1.165, 1.54) is 0 Å². The minimum atomic E-state index is 0.0490. The summed E-state index contributed by atoms with van der Waals surface area (Å²) in [4.78, 5) is 0. The molecule has 0 bridgehead atoms. The number of ether oxygens (including phenoxy) is 1. The molecule has 1 fully saturated rings. The SMILES string of the molecule is CCC(CCO)NC1CCOC(C)(CC)C1. The smallest absolute Gasteiger partial charge is 0.0666 e. The molecule has 16 heavy (non-hydrogen) atoms. The molecule has 0 radical (unpaired) electrons. The van der Waals surface area contributed by atoms with Gasteiger partial charge in [0.05, 0.1) is 5.60 Å². The van der Waals surface area contributed by atoms with E-state index in [4.69, 9.17) is 9.84 Å². The molecule has 0 amide bonds. The van der Waals surface area contributed by atoms with Gasteiger partial charge >= 0.3 is 0 Å². The summed E-state index contributed by atoms with van der Waals surface area (Å²) in [6.45, 7) is 7.70. The van der Waals surface area contributed by atoms with Crippen molar-refractivity contribution in [2.24, 2.45) is 0 Å². The summed E-state index contributed by atoms with van der Waals surface area (Å²) in [7, 11) is 0. The highest BCUT2D eigenvalue weighted by Crippen LogP contribution is 2.28. The Bertz CT molecular complexity index is 198. The lowest BCUT2D eigenvalue weighted by molar-refractivity contribution is -0.0793. The first-order chi connectivity index (χ1) is 7.63. The lowest BCUT2D eigenvalue weighted by Crippen LogP contribution is -2.48. The molecule has 0 saturated carbocycles. The van der Waals surface area contributed by atoms with Crippen molar-refractivity contribution in [3.05, 3.63) is 0 Å². The molecule has 0 aromatic rings. The summed E-state index contributed by atoms with van der Waals surface area (Å²) in [6.07, 6.45) is 5.20. The number of hydrogen-bond acceptors (Lipinski definition) is 3. The van der Waals surface area contributed by atoms with Crippen LogP contribution in [0.2, 0.25) is 0 Å². The predicted octanol–water partition coefficient (Wildman–Crippen LogP) is 2.08. The van der Waals surface area contributed by atoms with Crippen molar-refractivity contribution in [1.82, 2.24) is 5.32 Å². The Labute approximate surface area is 99.6 Å². The van der Waals surface area contributed by atoms with Crippen molar-refractivity contribution in [2.45, 2.75) is 70.6 Å². The van der Waals surface area contributed by atoms with E-state index in [1.54, 1.807) is 0 Å². The first kappa shape index (κ1) is 13.9. The van der Waals surface area contributed by atoms with Crippen LogP contribution in [0.1, 0.15) is 52.9 Å². The van der Waals surface area contributed by atoms with Crippen LogP contribution >= 0.6 is 0 Å². The first-order valence-electron chi connectivity index (χ1n) is 6.64. The van der Waals surface area contributed by atoms with Crippen LogP contribution in [-0.4, -0.2) is 36.0 Å². The molecule has 1 rings (SSSR count). The second-order valence-electron chi connectivity index (χ2n) is 5.13. The van der Waals surface area contributed by atoms with Gasteiger partial charge < -0.3 is 15.2 Å². The summed E-state index contributed by atoms with van der Waals surface area (Å²) in [5.41, 5.74) is 0.0490. The Morgan fingerprint density at radius 3 is 2.81 bits per heavy atom. The van der Waals surface area contributed by atoms with Crippen LogP contribution in [0.5, 0.6) is 0 Å². The van der Waals surface area contributed by atoms with Crippen molar-refractivity contribution in [1.29, 1.82) is 0 Å². The second-order valence-corrected chi connectivity index (χ2v) is 5.13. The average Bonchev–Trinajstić information content (AvgIpc) is 2.29. The number of hydrogen-bond donors (Lipinski definition) is 2. The highest BCUT2D eigenvalue weighted by molar-refractivity contribution is 4.87. The summed E-state index contributed by atoms with van der Waals surface area (Å²) in [6, 6.07) is 1.00. The Hall–Kier alpha value is -0.120. The monoisotopic (exact) mass is 229 g/mol. The normalized spacial score (nSPS) is 32.6. The Balaban J connectivity index is 2.41. The van der Waals surface area contributed by atoms with Crippen LogP contribution in [0, 0.1) is 0 Å². The van der Waals surface area contributed by atoms with E-state index in [1.807, 2.05) is 0 Å². The molecular formula is C13H27NO2. The third kappa shape index (κ3) is 4.04. The van der Waals surface area contributed by atoms with Gasteiger partial charge in [-0.2, -0.15) is 0 Å². The lowest BCUT2D eigenvalue weighted by atomic mass is 9.89. The molecule has 1 aliphatic rings. The number of aliphatic hydroxyl groups excluding tert-OH is 1. The summed E-state index contributed by atoms with van der Waals surface area (Å²) >= 11 is 0. The highest BCUT2D eigenvalue weighted by Gasteiger charge is 2.32. The van der Waals surface area contributed by atoms with E-state index < -0.39 is 0 Å². The second kappa shape index (κ2) is 6.58. The standard InChI is InChI=1S/C13H27NO2/c1-4-11(6-8-15)14-12-7-9-16-13(3,5-2)10-12/h11-12,14-15H,4-10H2,1-3H3. The van der Waals surface area contributed by atoms with Crippen molar-refractivity contribution in [3.63, 3.8) is 0 Å². The molecule has 3 atom stereocenters. The van der Waals surface area contributed by atoms with Crippen LogP contribution in [0.3, 0.4) is 0 Å². The van der Waals surface area contributed by atoms with Gasteiger partial charge in [0, 0.05) is 25.3 Å². The maximum atomic E-state index is 8.98. The molecule has 0 aliphatic carbocycles. The maximum absolute atomic E-state index is 8.98. The van der Waals surface area contributed by atoms with E-state index in [2.05, 4.69) is 26.1 Å².